The smallest absolute Gasteiger partial charge is 0.243 e. The molecule has 0 bridgehead atoms. The number of benzene rings is 1. The van der Waals surface area contributed by atoms with Gasteiger partial charge >= 0.3 is 0 Å². The third kappa shape index (κ3) is 2.80. The van der Waals surface area contributed by atoms with E-state index >= 15 is 0 Å². The topological polar surface area (TPSA) is 87.1 Å². The maximum absolute atomic E-state index is 12.4. The van der Waals surface area contributed by atoms with Crippen LogP contribution in [0.25, 0.3) is 0 Å². The number of aryl methyl sites for hydroxylation is 1. The SMILES string of the molecule is CCOc1ccc(S(=O)(=O)N2CC(O)C(O)C2)cc1C. The highest BCUT2D eigenvalue weighted by Gasteiger charge is 2.37. The Hall–Kier alpha value is -1.15. The summed E-state index contributed by atoms with van der Waals surface area (Å²) in [6, 6.07) is 4.64. The molecule has 2 atom stereocenters. The average Bonchev–Trinajstić information content (AvgIpc) is 2.73. The molecule has 0 radical (unpaired) electrons. The maximum atomic E-state index is 12.4. The van der Waals surface area contributed by atoms with Crippen molar-refractivity contribution in [2.24, 2.45) is 0 Å². The molecule has 1 aliphatic rings. The molecular formula is C13H19NO5S. The van der Waals surface area contributed by atoms with Crippen LogP contribution in [-0.4, -0.2) is 54.8 Å². The molecule has 0 saturated carbocycles. The van der Waals surface area contributed by atoms with E-state index in [1.807, 2.05) is 6.92 Å². The van der Waals surface area contributed by atoms with Gasteiger partial charge in [0.05, 0.1) is 23.7 Å². The Morgan fingerprint density at radius 2 is 1.90 bits per heavy atom. The molecule has 6 nitrogen and oxygen atoms in total. The van der Waals surface area contributed by atoms with Gasteiger partial charge in [-0.05, 0) is 37.6 Å². The van der Waals surface area contributed by atoms with Gasteiger partial charge in [0.15, 0.2) is 0 Å². The standard InChI is InChI=1S/C13H19NO5S/c1-3-19-13-5-4-10(6-9(13)2)20(17,18)14-7-11(15)12(16)8-14/h4-6,11-12,15-16H,3,7-8H2,1-2H3. The second-order valence-electron chi connectivity index (χ2n) is 4.82. The van der Waals surface area contributed by atoms with Gasteiger partial charge in [-0.3, -0.25) is 0 Å². The Labute approximate surface area is 118 Å². The highest BCUT2D eigenvalue weighted by atomic mass is 32.2. The summed E-state index contributed by atoms with van der Waals surface area (Å²) < 4.78 is 31.3. The summed E-state index contributed by atoms with van der Waals surface area (Å²) >= 11 is 0. The molecule has 1 aliphatic heterocycles. The van der Waals surface area contributed by atoms with E-state index in [2.05, 4.69) is 0 Å². The summed E-state index contributed by atoms with van der Waals surface area (Å²) in [6.07, 6.45) is -2.07. The zero-order valence-electron chi connectivity index (χ0n) is 11.5. The lowest BCUT2D eigenvalue weighted by atomic mass is 10.2. The first kappa shape index (κ1) is 15.2. The summed E-state index contributed by atoms with van der Waals surface area (Å²) in [7, 11) is -3.70. The molecule has 0 amide bonds. The molecule has 0 aromatic heterocycles. The van der Waals surface area contributed by atoms with E-state index in [9.17, 15) is 18.6 Å². The minimum absolute atomic E-state index is 0.0875. The van der Waals surface area contributed by atoms with Crippen LogP contribution in [0, 0.1) is 6.92 Å². The molecule has 20 heavy (non-hydrogen) atoms. The van der Waals surface area contributed by atoms with E-state index in [-0.39, 0.29) is 18.0 Å². The van der Waals surface area contributed by atoms with E-state index < -0.39 is 22.2 Å². The van der Waals surface area contributed by atoms with Crippen LogP contribution in [0.2, 0.25) is 0 Å². The number of hydrogen-bond acceptors (Lipinski definition) is 5. The van der Waals surface area contributed by atoms with Crippen molar-refractivity contribution in [2.45, 2.75) is 31.0 Å². The van der Waals surface area contributed by atoms with E-state index in [1.54, 1.807) is 13.0 Å². The van der Waals surface area contributed by atoms with E-state index in [1.165, 1.54) is 12.1 Å². The Kier molecular flexibility index (Phi) is 4.33. The van der Waals surface area contributed by atoms with Crippen molar-refractivity contribution in [2.75, 3.05) is 19.7 Å². The van der Waals surface area contributed by atoms with Crippen LogP contribution >= 0.6 is 0 Å². The predicted molar refractivity (Wildman–Crippen MR) is 73.1 cm³/mol. The molecular weight excluding hydrogens is 282 g/mol. The predicted octanol–water partition coefficient (Wildman–Crippen LogP) is 0.120. The van der Waals surface area contributed by atoms with E-state index in [4.69, 9.17) is 4.74 Å². The third-order valence-corrected chi connectivity index (χ3v) is 5.14. The lowest BCUT2D eigenvalue weighted by Crippen LogP contribution is -2.30. The zero-order chi connectivity index (χ0) is 14.9. The van der Waals surface area contributed by atoms with Crippen LogP contribution in [-0.2, 0) is 10.0 Å². The molecule has 2 N–H and O–H groups in total. The molecule has 0 aliphatic carbocycles. The number of hydrogen-bond donors (Lipinski definition) is 2. The first-order valence-electron chi connectivity index (χ1n) is 6.46. The van der Waals surface area contributed by atoms with Gasteiger partial charge in [0.1, 0.15) is 5.75 Å². The second-order valence-corrected chi connectivity index (χ2v) is 6.75. The minimum Gasteiger partial charge on any atom is -0.494 e. The highest BCUT2D eigenvalue weighted by molar-refractivity contribution is 7.89. The van der Waals surface area contributed by atoms with E-state index in [0.29, 0.717) is 12.4 Å². The molecule has 1 aromatic carbocycles. The molecule has 1 saturated heterocycles. The fourth-order valence-electron chi connectivity index (χ4n) is 2.18. The van der Waals surface area contributed by atoms with Gasteiger partial charge in [-0.15, -0.1) is 0 Å². The Morgan fingerprint density at radius 1 is 1.30 bits per heavy atom. The number of rotatable bonds is 4. The maximum Gasteiger partial charge on any atom is 0.243 e. The summed E-state index contributed by atoms with van der Waals surface area (Å²) in [5.74, 6) is 0.646. The minimum atomic E-state index is -3.70. The first-order valence-corrected chi connectivity index (χ1v) is 7.90. The number of aliphatic hydroxyl groups is 2. The summed E-state index contributed by atoms with van der Waals surface area (Å²) in [5.41, 5.74) is 0.730. The summed E-state index contributed by atoms with van der Waals surface area (Å²) in [6.45, 7) is 3.97. The molecule has 2 rings (SSSR count). The number of β-amino-alcohol motifs (C(OH)–C–C–N with tert-alkyl or cyclic N) is 2. The van der Waals surface area contributed by atoms with Crippen LogP contribution in [0.5, 0.6) is 5.75 Å². The lowest BCUT2D eigenvalue weighted by molar-refractivity contribution is 0.0572. The molecule has 1 fully saturated rings. The van der Waals surface area contributed by atoms with Gasteiger partial charge in [0.2, 0.25) is 10.0 Å². The van der Waals surface area contributed by atoms with Crippen molar-refractivity contribution in [3.8, 4) is 5.75 Å². The van der Waals surface area contributed by atoms with Crippen molar-refractivity contribution >= 4 is 10.0 Å². The van der Waals surface area contributed by atoms with Gasteiger partial charge in [-0.2, -0.15) is 4.31 Å². The molecule has 0 spiro atoms. The van der Waals surface area contributed by atoms with Gasteiger partial charge in [0, 0.05) is 13.1 Å². The molecule has 112 valence electrons. The van der Waals surface area contributed by atoms with Crippen molar-refractivity contribution in [1.82, 2.24) is 4.31 Å². The molecule has 1 aromatic rings. The molecule has 7 heteroatoms. The Balaban J connectivity index is 2.29. The highest BCUT2D eigenvalue weighted by Crippen LogP contribution is 2.26. The molecule has 2 unspecified atom stereocenters. The van der Waals surface area contributed by atoms with Crippen molar-refractivity contribution in [3.05, 3.63) is 23.8 Å². The fourth-order valence-corrected chi connectivity index (χ4v) is 3.74. The van der Waals surface area contributed by atoms with Gasteiger partial charge in [-0.1, -0.05) is 0 Å². The van der Waals surface area contributed by atoms with Crippen molar-refractivity contribution in [1.29, 1.82) is 0 Å². The lowest BCUT2D eigenvalue weighted by Gasteiger charge is -2.16. The van der Waals surface area contributed by atoms with Crippen molar-refractivity contribution in [3.63, 3.8) is 0 Å². The van der Waals surface area contributed by atoms with Crippen LogP contribution in [0.1, 0.15) is 12.5 Å². The Bertz CT molecular complexity index is 576. The van der Waals surface area contributed by atoms with Crippen molar-refractivity contribution < 1.29 is 23.4 Å². The van der Waals surface area contributed by atoms with Gasteiger partial charge in [0.25, 0.3) is 0 Å². The van der Waals surface area contributed by atoms with Crippen LogP contribution in [0.3, 0.4) is 0 Å². The van der Waals surface area contributed by atoms with Crippen LogP contribution < -0.4 is 4.74 Å². The quantitative estimate of drug-likeness (QED) is 0.825. The summed E-state index contributed by atoms with van der Waals surface area (Å²) in [4.78, 5) is 0.139. The largest absolute Gasteiger partial charge is 0.494 e. The van der Waals surface area contributed by atoms with Gasteiger partial charge in [-0.25, -0.2) is 8.42 Å². The number of sulfonamides is 1. The Morgan fingerprint density at radius 3 is 2.40 bits per heavy atom. The molecule has 1 heterocycles. The monoisotopic (exact) mass is 301 g/mol. The van der Waals surface area contributed by atoms with Crippen LogP contribution in [0.15, 0.2) is 23.1 Å². The van der Waals surface area contributed by atoms with Gasteiger partial charge < -0.3 is 14.9 Å². The normalized spacial score (nSPS) is 24.0. The first-order chi connectivity index (χ1) is 9.36. The third-order valence-electron chi connectivity index (χ3n) is 3.31. The van der Waals surface area contributed by atoms with E-state index in [0.717, 1.165) is 9.87 Å². The number of ether oxygens (including phenoxy) is 1. The number of nitrogens with zero attached hydrogens (tertiary/aromatic N) is 1. The summed E-state index contributed by atoms with van der Waals surface area (Å²) in [5, 5.41) is 18.9. The van der Waals surface area contributed by atoms with Crippen LogP contribution in [0.4, 0.5) is 0 Å². The average molecular weight is 301 g/mol. The fraction of sp³-hybridized carbons (Fsp3) is 0.538. The second kappa shape index (κ2) is 5.69. The number of aliphatic hydroxyl groups excluding tert-OH is 2. The zero-order valence-corrected chi connectivity index (χ0v) is 12.3.